The minimum Gasteiger partial charge on any atom is -0.369 e. The van der Waals surface area contributed by atoms with Crippen molar-refractivity contribution in [3.63, 3.8) is 0 Å². The van der Waals surface area contributed by atoms with E-state index in [-0.39, 0.29) is 5.91 Å². The van der Waals surface area contributed by atoms with Crippen LogP contribution in [0.3, 0.4) is 0 Å². The largest absolute Gasteiger partial charge is 0.369 e. The van der Waals surface area contributed by atoms with E-state index in [0.29, 0.717) is 28.2 Å². The third-order valence-corrected chi connectivity index (χ3v) is 3.66. The number of halogens is 1. The predicted octanol–water partition coefficient (Wildman–Crippen LogP) is 2.65. The summed E-state index contributed by atoms with van der Waals surface area (Å²) in [7, 11) is 0. The quantitative estimate of drug-likeness (QED) is 0.845. The molecular weight excluding hydrogens is 270 g/mol. The van der Waals surface area contributed by atoms with Gasteiger partial charge < -0.3 is 10.6 Å². The maximum Gasteiger partial charge on any atom is 0.252 e. The van der Waals surface area contributed by atoms with Crippen molar-refractivity contribution in [2.24, 2.45) is 0 Å². The van der Waals surface area contributed by atoms with E-state index in [1.54, 1.807) is 17.8 Å². The van der Waals surface area contributed by atoms with Crippen LogP contribution >= 0.6 is 23.4 Å². The monoisotopic (exact) mass is 287 g/mol. The summed E-state index contributed by atoms with van der Waals surface area (Å²) in [6.07, 6.45) is 3.55. The molecule has 6 heteroatoms. The van der Waals surface area contributed by atoms with Gasteiger partial charge in [-0.2, -0.15) is 11.8 Å². The summed E-state index contributed by atoms with van der Waals surface area (Å²) in [5.74, 6) is 0.460. The zero-order valence-corrected chi connectivity index (χ0v) is 12.4. The van der Waals surface area contributed by atoms with Crippen LogP contribution in [-0.4, -0.2) is 35.5 Å². The molecule has 1 aromatic heterocycles. The molecule has 2 N–H and O–H groups in total. The Morgan fingerprint density at radius 2 is 2.33 bits per heavy atom. The lowest BCUT2D eigenvalue weighted by Gasteiger charge is -2.10. The van der Waals surface area contributed by atoms with Crippen molar-refractivity contribution in [2.75, 3.05) is 24.7 Å². The molecule has 4 nitrogen and oxygen atoms in total. The van der Waals surface area contributed by atoms with Gasteiger partial charge in [-0.05, 0) is 19.2 Å². The second kappa shape index (κ2) is 7.48. The average molecular weight is 288 g/mol. The molecule has 0 radical (unpaired) electrons. The maximum absolute atomic E-state index is 11.8. The highest BCUT2D eigenvalue weighted by atomic mass is 35.5. The number of anilines is 1. The van der Waals surface area contributed by atoms with Gasteiger partial charge in [0.2, 0.25) is 0 Å². The Labute approximate surface area is 117 Å². The van der Waals surface area contributed by atoms with Crippen LogP contribution in [0, 0.1) is 0 Å². The van der Waals surface area contributed by atoms with Crippen molar-refractivity contribution in [1.29, 1.82) is 0 Å². The van der Waals surface area contributed by atoms with Gasteiger partial charge in [0, 0.05) is 24.5 Å². The highest BCUT2D eigenvalue weighted by Crippen LogP contribution is 2.19. The third-order valence-electron chi connectivity index (χ3n) is 2.40. The summed E-state index contributed by atoms with van der Waals surface area (Å²) in [6, 6.07) is 1.63. The Hall–Kier alpha value is -0.940. The van der Waals surface area contributed by atoms with Gasteiger partial charge in [-0.25, -0.2) is 4.98 Å². The molecular formula is C12H18ClN3OS. The molecule has 0 saturated carbocycles. The van der Waals surface area contributed by atoms with Crippen LogP contribution in [0.1, 0.15) is 24.2 Å². The molecule has 18 heavy (non-hydrogen) atoms. The fourth-order valence-corrected chi connectivity index (χ4v) is 1.76. The molecule has 0 aromatic carbocycles. The van der Waals surface area contributed by atoms with Crippen molar-refractivity contribution in [3.8, 4) is 0 Å². The number of carbonyl (C=O) groups excluding carboxylic acids is 1. The van der Waals surface area contributed by atoms with Gasteiger partial charge in [0.15, 0.2) is 0 Å². The number of hydrogen-bond donors (Lipinski definition) is 2. The minimum atomic E-state index is -0.145. The number of amides is 1. The van der Waals surface area contributed by atoms with Gasteiger partial charge in [-0.15, -0.1) is 0 Å². The van der Waals surface area contributed by atoms with Crippen LogP contribution in [-0.2, 0) is 0 Å². The summed E-state index contributed by atoms with van der Waals surface area (Å²) in [4.78, 5) is 16.0. The standard InChI is InChI=1S/C12H18ClN3OS/c1-4-14-11-10(13)5-9(7-15-11)12(17)16-6-8(2)18-3/h5,7-8H,4,6H2,1-3H3,(H,14,15)(H,16,17). The fraction of sp³-hybridized carbons (Fsp3) is 0.500. The Morgan fingerprint density at radius 3 is 2.89 bits per heavy atom. The maximum atomic E-state index is 11.8. The molecule has 1 unspecified atom stereocenters. The number of nitrogens with one attached hydrogen (secondary N) is 2. The Morgan fingerprint density at radius 1 is 1.61 bits per heavy atom. The predicted molar refractivity (Wildman–Crippen MR) is 78.7 cm³/mol. The van der Waals surface area contributed by atoms with Gasteiger partial charge in [0.25, 0.3) is 5.91 Å². The number of pyridine rings is 1. The summed E-state index contributed by atoms with van der Waals surface area (Å²) < 4.78 is 0. The van der Waals surface area contributed by atoms with Gasteiger partial charge in [-0.3, -0.25) is 4.79 Å². The van der Waals surface area contributed by atoms with Gasteiger partial charge in [-0.1, -0.05) is 18.5 Å². The van der Waals surface area contributed by atoms with E-state index < -0.39 is 0 Å². The highest BCUT2D eigenvalue weighted by molar-refractivity contribution is 7.99. The second-order valence-corrected chi connectivity index (χ2v) is 5.52. The Bertz CT molecular complexity index is 414. The first-order chi connectivity index (χ1) is 8.58. The molecule has 1 atom stereocenters. The molecule has 1 aromatic rings. The van der Waals surface area contributed by atoms with Crippen LogP contribution in [0.4, 0.5) is 5.82 Å². The average Bonchev–Trinajstić information content (AvgIpc) is 2.38. The smallest absolute Gasteiger partial charge is 0.252 e. The topological polar surface area (TPSA) is 54.0 Å². The van der Waals surface area contributed by atoms with E-state index in [9.17, 15) is 4.79 Å². The molecule has 0 aliphatic heterocycles. The number of thioether (sulfide) groups is 1. The lowest BCUT2D eigenvalue weighted by molar-refractivity contribution is 0.0954. The first-order valence-electron chi connectivity index (χ1n) is 5.78. The molecule has 0 saturated heterocycles. The molecule has 1 rings (SSSR count). The van der Waals surface area contributed by atoms with Crippen LogP contribution in [0.5, 0.6) is 0 Å². The van der Waals surface area contributed by atoms with Gasteiger partial charge >= 0.3 is 0 Å². The molecule has 0 aliphatic carbocycles. The van der Waals surface area contributed by atoms with Gasteiger partial charge in [0.05, 0.1) is 10.6 Å². The summed E-state index contributed by atoms with van der Waals surface area (Å²) >= 11 is 7.74. The van der Waals surface area contributed by atoms with Crippen molar-refractivity contribution in [1.82, 2.24) is 10.3 Å². The van der Waals surface area contributed by atoms with E-state index in [2.05, 4.69) is 22.5 Å². The van der Waals surface area contributed by atoms with Crippen molar-refractivity contribution < 1.29 is 4.79 Å². The Kier molecular flexibility index (Phi) is 6.29. The lowest BCUT2D eigenvalue weighted by atomic mass is 10.2. The molecule has 0 spiro atoms. The molecule has 1 amide bonds. The molecule has 0 aliphatic rings. The van der Waals surface area contributed by atoms with Crippen LogP contribution in [0.15, 0.2) is 12.3 Å². The van der Waals surface area contributed by atoms with Crippen LogP contribution in [0.2, 0.25) is 5.02 Å². The number of rotatable bonds is 6. The van der Waals surface area contributed by atoms with E-state index in [1.165, 1.54) is 6.20 Å². The van der Waals surface area contributed by atoms with Crippen LogP contribution < -0.4 is 10.6 Å². The normalized spacial score (nSPS) is 12.0. The summed E-state index contributed by atoms with van der Waals surface area (Å²) in [5, 5.41) is 6.72. The summed E-state index contributed by atoms with van der Waals surface area (Å²) in [5.41, 5.74) is 0.481. The lowest BCUT2D eigenvalue weighted by Crippen LogP contribution is -2.29. The molecule has 0 bridgehead atoms. The van der Waals surface area contributed by atoms with E-state index in [1.807, 2.05) is 13.2 Å². The zero-order chi connectivity index (χ0) is 13.5. The fourth-order valence-electron chi connectivity index (χ4n) is 1.28. The first-order valence-corrected chi connectivity index (χ1v) is 7.45. The third kappa shape index (κ3) is 4.38. The van der Waals surface area contributed by atoms with E-state index in [0.717, 1.165) is 6.54 Å². The molecule has 1 heterocycles. The number of carbonyl (C=O) groups is 1. The highest BCUT2D eigenvalue weighted by Gasteiger charge is 2.10. The van der Waals surface area contributed by atoms with E-state index in [4.69, 9.17) is 11.6 Å². The number of nitrogens with zero attached hydrogens (tertiary/aromatic N) is 1. The zero-order valence-electron chi connectivity index (χ0n) is 10.8. The minimum absolute atomic E-state index is 0.145. The number of aromatic nitrogens is 1. The first kappa shape index (κ1) is 15.1. The Balaban J connectivity index is 2.66. The summed E-state index contributed by atoms with van der Waals surface area (Å²) in [6.45, 7) is 5.39. The van der Waals surface area contributed by atoms with E-state index >= 15 is 0 Å². The van der Waals surface area contributed by atoms with Crippen molar-refractivity contribution >= 4 is 35.1 Å². The van der Waals surface area contributed by atoms with Crippen molar-refractivity contribution in [3.05, 3.63) is 22.8 Å². The molecule has 100 valence electrons. The molecule has 0 fully saturated rings. The van der Waals surface area contributed by atoms with Crippen molar-refractivity contribution in [2.45, 2.75) is 19.1 Å². The second-order valence-electron chi connectivity index (χ2n) is 3.84. The van der Waals surface area contributed by atoms with Crippen LogP contribution in [0.25, 0.3) is 0 Å². The van der Waals surface area contributed by atoms with Gasteiger partial charge in [0.1, 0.15) is 5.82 Å². The SMILES string of the molecule is CCNc1ncc(C(=O)NCC(C)SC)cc1Cl. The number of hydrogen-bond acceptors (Lipinski definition) is 4.